The van der Waals surface area contributed by atoms with Gasteiger partial charge in [0.05, 0.1) is 0 Å². The van der Waals surface area contributed by atoms with Gasteiger partial charge in [-0.1, -0.05) is 62.4 Å². The minimum Gasteiger partial charge on any atom is -0.314 e. The van der Waals surface area contributed by atoms with E-state index in [0.717, 1.165) is 32.1 Å². The lowest BCUT2D eigenvalue weighted by Crippen LogP contribution is -2.45. The Hall–Kier alpha value is -1.32. The van der Waals surface area contributed by atoms with Crippen molar-refractivity contribution in [1.82, 2.24) is 10.2 Å². The maximum atomic E-state index is 3.52. The SMILES string of the molecule is CC(C)CC[C@H](c1c2ccccc2cc2ccccc12)N1CCNCC1.Cl.Cl. The van der Waals surface area contributed by atoms with E-state index in [1.165, 1.54) is 34.4 Å². The highest BCUT2D eigenvalue weighted by molar-refractivity contribution is 6.02. The Labute approximate surface area is 181 Å². The van der Waals surface area contributed by atoms with Gasteiger partial charge in [0.1, 0.15) is 0 Å². The van der Waals surface area contributed by atoms with Gasteiger partial charge in [-0.3, -0.25) is 4.90 Å². The van der Waals surface area contributed by atoms with Crippen LogP contribution in [0.3, 0.4) is 0 Å². The molecule has 0 aliphatic carbocycles. The molecule has 1 fully saturated rings. The fraction of sp³-hybridized carbons (Fsp3) is 0.417. The Balaban J connectivity index is 0.00000140. The van der Waals surface area contributed by atoms with Crippen LogP contribution < -0.4 is 5.32 Å². The summed E-state index contributed by atoms with van der Waals surface area (Å²) in [5.41, 5.74) is 1.54. The minimum atomic E-state index is 0. The molecule has 1 aliphatic rings. The Morgan fingerprint density at radius 3 is 1.89 bits per heavy atom. The summed E-state index contributed by atoms with van der Waals surface area (Å²) in [6, 6.07) is 20.7. The van der Waals surface area contributed by atoms with Crippen molar-refractivity contribution < 1.29 is 0 Å². The van der Waals surface area contributed by atoms with E-state index in [2.05, 4.69) is 78.7 Å². The van der Waals surface area contributed by atoms with Gasteiger partial charge >= 0.3 is 0 Å². The quantitative estimate of drug-likeness (QED) is 0.494. The molecule has 4 heteroatoms. The molecule has 1 saturated heterocycles. The summed E-state index contributed by atoms with van der Waals surface area (Å²) < 4.78 is 0. The maximum absolute atomic E-state index is 3.52. The van der Waals surface area contributed by atoms with Gasteiger partial charge in [-0.15, -0.1) is 24.8 Å². The smallest absolute Gasteiger partial charge is 0.0361 e. The molecule has 0 amide bonds. The molecule has 0 aromatic heterocycles. The van der Waals surface area contributed by atoms with Gasteiger partial charge in [0.15, 0.2) is 0 Å². The number of fused-ring (bicyclic) bond motifs is 2. The molecule has 1 heterocycles. The zero-order valence-electron chi connectivity index (χ0n) is 16.9. The predicted octanol–water partition coefficient (Wildman–Crippen LogP) is 6.22. The molecule has 152 valence electrons. The average molecular weight is 419 g/mol. The van der Waals surface area contributed by atoms with Crippen molar-refractivity contribution in [3.05, 3.63) is 60.2 Å². The van der Waals surface area contributed by atoms with Crippen molar-refractivity contribution in [3.63, 3.8) is 0 Å². The Morgan fingerprint density at radius 2 is 1.36 bits per heavy atom. The van der Waals surface area contributed by atoms with Crippen LogP contribution in [0.5, 0.6) is 0 Å². The molecule has 0 radical (unpaired) electrons. The van der Waals surface area contributed by atoms with Crippen LogP contribution in [0.4, 0.5) is 0 Å². The molecule has 1 aliphatic heterocycles. The summed E-state index contributed by atoms with van der Waals surface area (Å²) in [6.07, 6.45) is 2.50. The molecule has 0 spiro atoms. The molecular formula is C24H32Cl2N2. The number of nitrogens with one attached hydrogen (secondary N) is 1. The van der Waals surface area contributed by atoms with E-state index >= 15 is 0 Å². The standard InChI is InChI=1S/C24H30N2.2ClH/c1-18(2)11-12-23(26-15-13-25-14-16-26)24-21-9-5-3-7-19(21)17-20-8-4-6-10-22(20)24;;/h3-10,17-18,23,25H,11-16H2,1-2H3;2*1H/t23-;;/m1../s1. The molecule has 3 aromatic carbocycles. The van der Waals surface area contributed by atoms with E-state index in [4.69, 9.17) is 0 Å². The van der Waals surface area contributed by atoms with Crippen molar-refractivity contribution in [2.75, 3.05) is 26.2 Å². The Kier molecular flexibility index (Phi) is 8.57. The summed E-state index contributed by atoms with van der Waals surface area (Å²) in [5.74, 6) is 0.738. The number of benzene rings is 3. The minimum absolute atomic E-state index is 0. The van der Waals surface area contributed by atoms with Gasteiger partial charge in [0.2, 0.25) is 0 Å². The van der Waals surface area contributed by atoms with E-state index in [0.29, 0.717) is 6.04 Å². The maximum Gasteiger partial charge on any atom is 0.0361 e. The van der Waals surface area contributed by atoms with Crippen LogP contribution in [-0.4, -0.2) is 31.1 Å². The van der Waals surface area contributed by atoms with Crippen molar-refractivity contribution in [1.29, 1.82) is 0 Å². The summed E-state index contributed by atoms with van der Waals surface area (Å²) in [7, 11) is 0. The number of halogens is 2. The second kappa shape index (κ2) is 10.5. The molecule has 0 unspecified atom stereocenters. The molecule has 0 saturated carbocycles. The molecular weight excluding hydrogens is 387 g/mol. The first-order chi connectivity index (χ1) is 12.7. The average Bonchev–Trinajstić information content (AvgIpc) is 2.68. The summed E-state index contributed by atoms with van der Waals surface area (Å²) >= 11 is 0. The van der Waals surface area contributed by atoms with Gasteiger partial charge in [-0.05, 0) is 51.9 Å². The molecule has 1 atom stereocenters. The first kappa shape index (κ1) is 23.0. The van der Waals surface area contributed by atoms with Crippen molar-refractivity contribution in [2.24, 2.45) is 5.92 Å². The highest BCUT2D eigenvalue weighted by Crippen LogP contribution is 2.38. The monoisotopic (exact) mass is 418 g/mol. The van der Waals surface area contributed by atoms with E-state index in [1.807, 2.05) is 0 Å². The Morgan fingerprint density at radius 1 is 0.821 bits per heavy atom. The second-order valence-electron chi connectivity index (χ2n) is 8.01. The van der Waals surface area contributed by atoms with Crippen LogP contribution in [-0.2, 0) is 0 Å². The van der Waals surface area contributed by atoms with Crippen molar-refractivity contribution >= 4 is 46.4 Å². The molecule has 1 N–H and O–H groups in total. The zero-order valence-corrected chi connectivity index (χ0v) is 18.5. The van der Waals surface area contributed by atoms with E-state index in [9.17, 15) is 0 Å². The van der Waals surface area contributed by atoms with Crippen LogP contribution in [0.25, 0.3) is 21.5 Å². The highest BCUT2D eigenvalue weighted by atomic mass is 35.5. The fourth-order valence-corrected chi connectivity index (χ4v) is 4.40. The predicted molar refractivity (Wildman–Crippen MR) is 127 cm³/mol. The van der Waals surface area contributed by atoms with Gasteiger partial charge in [0.25, 0.3) is 0 Å². The number of nitrogens with zero attached hydrogens (tertiary/aromatic N) is 1. The largest absolute Gasteiger partial charge is 0.314 e. The number of piperazine rings is 1. The summed E-state index contributed by atoms with van der Waals surface area (Å²) in [5, 5.41) is 9.11. The summed E-state index contributed by atoms with van der Waals surface area (Å²) in [6.45, 7) is 9.16. The molecule has 2 nitrogen and oxygen atoms in total. The van der Waals surface area contributed by atoms with Crippen molar-refractivity contribution in [3.8, 4) is 0 Å². The Bertz CT molecular complexity index is 834. The van der Waals surface area contributed by atoms with E-state index in [1.54, 1.807) is 5.56 Å². The third kappa shape index (κ3) is 4.80. The highest BCUT2D eigenvalue weighted by Gasteiger charge is 2.25. The van der Waals surface area contributed by atoms with E-state index < -0.39 is 0 Å². The van der Waals surface area contributed by atoms with Crippen molar-refractivity contribution in [2.45, 2.75) is 32.7 Å². The van der Waals surface area contributed by atoms with E-state index in [-0.39, 0.29) is 24.8 Å². The lowest BCUT2D eigenvalue weighted by molar-refractivity contribution is 0.162. The first-order valence-electron chi connectivity index (χ1n) is 10.1. The topological polar surface area (TPSA) is 15.3 Å². The zero-order chi connectivity index (χ0) is 17.9. The first-order valence-corrected chi connectivity index (χ1v) is 10.1. The van der Waals surface area contributed by atoms with Crippen LogP contribution in [0.1, 0.15) is 38.3 Å². The van der Waals surface area contributed by atoms with Gasteiger partial charge in [0, 0.05) is 32.2 Å². The lowest BCUT2D eigenvalue weighted by Gasteiger charge is -2.37. The van der Waals surface area contributed by atoms with Crippen LogP contribution in [0, 0.1) is 5.92 Å². The molecule has 3 aromatic rings. The molecule has 28 heavy (non-hydrogen) atoms. The number of hydrogen-bond donors (Lipinski definition) is 1. The molecule has 0 bridgehead atoms. The lowest BCUT2D eigenvalue weighted by atomic mass is 9.88. The normalized spacial score (nSPS) is 16.0. The van der Waals surface area contributed by atoms with Gasteiger partial charge in [-0.25, -0.2) is 0 Å². The number of rotatable bonds is 5. The van der Waals surface area contributed by atoms with Crippen LogP contribution in [0.15, 0.2) is 54.6 Å². The van der Waals surface area contributed by atoms with Gasteiger partial charge in [-0.2, -0.15) is 0 Å². The third-order valence-corrected chi connectivity index (χ3v) is 5.76. The number of hydrogen-bond acceptors (Lipinski definition) is 2. The van der Waals surface area contributed by atoms with Crippen LogP contribution >= 0.6 is 24.8 Å². The molecule has 4 rings (SSSR count). The van der Waals surface area contributed by atoms with Crippen LogP contribution in [0.2, 0.25) is 0 Å². The third-order valence-electron chi connectivity index (χ3n) is 5.76. The van der Waals surface area contributed by atoms with Gasteiger partial charge < -0.3 is 5.32 Å². The summed E-state index contributed by atoms with van der Waals surface area (Å²) in [4.78, 5) is 2.72. The second-order valence-corrected chi connectivity index (χ2v) is 8.01. The fourth-order valence-electron chi connectivity index (χ4n) is 4.40.